The zero-order valence-corrected chi connectivity index (χ0v) is 38.1. The number of hydrogen-bond donors (Lipinski definition) is 2. The van der Waals surface area contributed by atoms with Crippen molar-refractivity contribution in [2.45, 2.75) is 12.3 Å². The molecule has 3 heterocycles. The summed E-state index contributed by atoms with van der Waals surface area (Å²) < 4.78 is 5.03. The van der Waals surface area contributed by atoms with Crippen LogP contribution in [0.15, 0.2) is 242 Å². The van der Waals surface area contributed by atoms with E-state index in [1.54, 1.807) is 0 Å². The molecule has 2 unspecified atom stereocenters. The fraction of sp³-hybridized carbons (Fsp3) is 0.0308. The summed E-state index contributed by atoms with van der Waals surface area (Å²) in [6.45, 7) is 0. The van der Waals surface area contributed by atoms with E-state index in [2.05, 4.69) is 256 Å². The van der Waals surface area contributed by atoms with Gasteiger partial charge in [-0.15, -0.1) is 0 Å². The Morgan fingerprint density at radius 3 is 1.77 bits per heavy atom. The Kier molecular flexibility index (Phi) is 8.49. The molecule has 0 amide bonds. The number of amidine groups is 1. The molecule has 0 bridgehead atoms. The van der Waals surface area contributed by atoms with Crippen molar-refractivity contribution in [3.8, 4) is 11.4 Å². The first-order chi connectivity index (χ1) is 34.7. The molecule has 3 N–H and O–H groups in total. The number of hydrogen-bond acceptors (Lipinski definition) is 2. The van der Waals surface area contributed by atoms with Crippen molar-refractivity contribution < 1.29 is 5.32 Å². The number of rotatable bonds is 5. The molecule has 1 aliphatic heterocycles. The minimum absolute atomic E-state index is 0.0838. The minimum atomic E-state index is -0.123. The topological polar surface area (TPSA) is 50.9 Å². The summed E-state index contributed by atoms with van der Waals surface area (Å²) in [5, 5.41) is 23.5. The number of benzene rings is 12. The van der Waals surface area contributed by atoms with Gasteiger partial charge in [-0.3, -0.25) is 5.32 Å². The highest BCUT2D eigenvalue weighted by Crippen LogP contribution is 2.45. The molecule has 5 nitrogen and oxygen atoms in total. The van der Waals surface area contributed by atoms with Gasteiger partial charge in [0.2, 0.25) is 6.17 Å². The largest absolute Gasteiger partial charge is 0.317 e. The van der Waals surface area contributed by atoms with E-state index in [4.69, 9.17) is 4.99 Å². The molecule has 0 radical (unpaired) electrons. The van der Waals surface area contributed by atoms with Crippen molar-refractivity contribution in [1.29, 1.82) is 0 Å². The standard InChI is InChI=1S/C65H43N5/c1-2-16-44(17-3-1)63-66-64(68-65(67-63)47-31-29-43-28-27-41-14-4-7-19-50(41)55(43)38-47)46-30-26-40-32-34-49(37-48(40)36-46)69-56-24-12-11-23-54(56)61-59(69)39-45-18-6-9-21-52(45)62(61)70-57-25-13-10-22-53(57)60-51-20-8-5-15-42(51)33-35-58(60)70/h1-39,63-64,66H,(H,67,68)/p+1. The Bertz CT molecular complexity index is 4500. The average Bonchev–Trinajstić information content (AvgIpc) is 3.95. The maximum atomic E-state index is 5.39. The lowest BCUT2D eigenvalue weighted by Gasteiger charge is -2.29. The van der Waals surface area contributed by atoms with E-state index in [0.717, 1.165) is 17.1 Å². The first kappa shape index (κ1) is 39.0. The van der Waals surface area contributed by atoms with Crippen LogP contribution >= 0.6 is 0 Å². The van der Waals surface area contributed by atoms with E-state index in [1.807, 2.05) is 0 Å². The van der Waals surface area contributed by atoms with Crippen LogP contribution in [0.3, 0.4) is 0 Å². The number of fused-ring (bicyclic) bond motifs is 13. The highest BCUT2D eigenvalue weighted by atomic mass is 15.3. The quantitative estimate of drug-likeness (QED) is 0.166. The Hall–Kier alpha value is -9.03. The van der Waals surface area contributed by atoms with E-state index in [0.29, 0.717) is 0 Å². The summed E-state index contributed by atoms with van der Waals surface area (Å²) in [6, 6.07) is 87.0. The molecule has 12 aromatic carbocycles. The molecule has 328 valence electrons. The van der Waals surface area contributed by atoms with E-state index in [1.165, 1.54) is 114 Å². The van der Waals surface area contributed by atoms with Crippen LogP contribution in [-0.2, 0) is 0 Å². The molecule has 0 aliphatic carbocycles. The highest BCUT2D eigenvalue weighted by Gasteiger charge is 2.30. The highest BCUT2D eigenvalue weighted by molar-refractivity contribution is 6.25. The summed E-state index contributed by atoms with van der Waals surface area (Å²) in [5.41, 5.74) is 10.5. The number of quaternary nitrogens is 1. The molecule has 14 aromatic rings. The maximum absolute atomic E-state index is 5.39. The van der Waals surface area contributed by atoms with Crippen molar-refractivity contribution in [1.82, 2.24) is 14.5 Å². The predicted molar refractivity (Wildman–Crippen MR) is 293 cm³/mol. The molecule has 0 saturated heterocycles. The molecule has 0 fully saturated rings. The number of nitrogens with zero attached hydrogens (tertiary/aromatic N) is 3. The van der Waals surface area contributed by atoms with Gasteiger partial charge in [0.15, 0.2) is 6.17 Å². The number of nitrogens with one attached hydrogen (secondary N) is 1. The van der Waals surface area contributed by atoms with Gasteiger partial charge in [0.1, 0.15) is 5.84 Å². The van der Waals surface area contributed by atoms with Gasteiger partial charge in [-0.1, -0.05) is 188 Å². The van der Waals surface area contributed by atoms with Crippen LogP contribution in [-0.4, -0.2) is 15.0 Å². The number of nitrogens with two attached hydrogens (primary N) is 1. The Morgan fingerprint density at radius 1 is 0.357 bits per heavy atom. The van der Waals surface area contributed by atoms with Crippen LogP contribution in [0, 0.1) is 0 Å². The van der Waals surface area contributed by atoms with Crippen LogP contribution < -0.4 is 10.6 Å². The fourth-order valence-corrected chi connectivity index (χ4v) is 11.8. The van der Waals surface area contributed by atoms with Gasteiger partial charge in [-0.2, -0.15) is 0 Å². The SMILES string of the molecule is c1ccc(C2N=C(c3ccc4ccc5ccccc5c4c3)NC(c3ccc4ccc(-n5c6ccccc6c6c(-n7c8ccccc8c8c9ccccc9ccc87)c7ccccc7cc65)cc4c3)[NH2+]2)cc1. The number of aromatic nitrogens is 2. The first-order valence-corrected chi connectivity index (χ1v) is 24.3. The molecular weight excluding hydrogens is 851 g/mol. The third-order valence-electron chi connectivity index (χ3n) is 15.0. The second-order valence-corrected chi connectivity index (χ2v) is 18.9. The summed E-state index contributed by atoms with van der Waals surface area (Å²) in [5.74, 6) is 0.898. The van der Waals surface area contributed by atoms with E-state index in [9.17, 15) is 0 Å². The van der Waals surface area contributed by atoms with Crippen molar-refractivity contribution in [3.63, 3.8) is 0 Å². The summed E-state index contributed by atoms with van der Waals surface area (Å²) in [4.78, 5) is 5.39. The molecule has 0 saturated carbocycles. The van der Waals surface area contributed by atoms with Gasteiger partial charge in [-0.05, 0) is 97.0 Å². The van der Waals surface area contributed by atoms with Crippen molar-refractivity contribution in [3.05, 3.63) is 253 Å². The zero-order valence-electron chi connectivity index (χ0n) is 38.1. The van der Waals surface area contributed by atoms with E-state index in [-0.39, 0.29) is 12.3 Å². The lowest BCUT2D eigenvalue weighted by Crippen LogP contribution is -2.90. The lowest BCUT2D eigenvalue weighted by atomic mass is 9.99. The molecule has 1 aliphatic rings. The maximum Gasteiger partial charge on any atom is 0.209 e. The van der Waals surface area contributed by atoms with Gasteiger partial charge >= 0.3 is 0 Å². The van der Waals surface area contributed by atoms with Crippen LogP contribution in [0.2, 0.25) is 0 Å². The van der Waals surface area contributed by atoms with Crippen LogP contribution in [0.1, 0.15) is 29.0 Å². The molecule has 0 spiro atoms. The van der Waals surface area contributed by atoms with Gasteiger partial charge in [0.25, 0.3) is 0 Å². The molecule has 70 heavy (non-hydrogen) atoms. The lowest BCUT2D eigenvalue weighted by molar-refractivity contribution is -0.739. The third-order valence-corrected chi connectivity index (χ3v) is 15.0. The van der Waals surface area contributed by atoms with Crippen molar-refractivity contribution >= 4 is 103 Å². The molecule has 5 heteroatoms. The van der Waals surface area contributed by atoms with Gasteiger partial charge in [0.05, 0.1) is 27.8 Å². The second kappa shape index (κ2) is 15.2. The number of para-hydroxylation sites is 2. The zero-order chi connectivity index (χ0) is 45.9. The summed E-state index contributed by atoms with van der Waals surface area (Å²) in [6.07, 6.45) is -0.206. The van der Waals surface area contributed by atoms with Gasteiger partial charge in [-0.25, -0.2) is 4.99 Å². The minimum Gasteiger partial charge on any atom is -0.317 e. The Labute approximate surface area is 403 Å². The Balaban J connectivity index is 0.906. The predicted octanol–water partition coefficient (Wildman–Crippen LogP) is 15.0. The normalized spacial score (nSPS) is 15.3. The number of aliphatic imine (C=N–C) groups is 1. The van der Waals surface area contributed by atoms with Crippen molar-refractivity contribution in [2.24, 2.45) is 4.99 Å². The van der Waals surface area contributed by atoms with E-state index < -0.39 is 0 Å². The Morgan fingerprint density at radius 2 is 0.957 bits per heavy atom. The monoisotopic (exact) mass is 894 g/mol. The van der Waals surface area contributed by atoms with Crippen molar-refractivity contribution in [2.75, 3.05) is 0 Å². The van der Waals surface area contributed by atoms with Crippen LogP contribution in [0.4, 0.5) is 0 Å². The molecule has 2 atom stereocenters. The first-order valence-electron chi connectivity index (χ1n) is 24.3. The molecule has 2 aromatic heterocycles. The summed E-state index contributed by atoms with van der Waals surface area (Å²) >= 11 is 0. The van der Waals surface area contributed by atoms with E-state index >= 15 is 0 Å². The smallest absolute Gasteiger partial charge is 0.209 e. The van der Waals surface area contributed by atoms with Crippen LogP contribution in [0.25, 0.3) is 109 Å². The summed E-state index contributed by atoms with van der Waals surface area (Å²) in [7, 11) is 0. The fourth-order valence-electron chi connectivity index (χ4n) is 11.8. The molecular formula is C65H44N5+. The molecule has 15 rings (SSSR count). The third kappa shape index (κ3) is 5.92. The average molecular weight is 895 g/mol. The van der Waals surface area contributed by atoms with Crippen LogP contribution in [0.5, 0.6) is 0 Å². The second-order valence-electron chi connectivity index (χ2n) is 18.9. The van der Waals surface area contributed by atoms with Gasteiger partial charge in [0, 0.05) is 49.3 Å². The van der Waals surface area contributed by atoms with Gasteiger partial charge < -0.3 is 14.5 Å².